The number of azo groups is 1. The summed E-state index contributed by atoms with van der Waals surface area (Å²) in [6.45, 7) is 0. The van der Waals surface area contributed by atoms with Crippen LogP contribution in [-0.2, 0) is 0 Å². The van der Waals surface area contributed by atoms with Gasteiger partial charge < -0.3 is 10.1 Å². The number of amides is 3. The van der Waals surface area contributed by atoms with Crippen molar-refractivity contribution in [3.8, 4) is 5.75 Å². The molecule has 180 valence electrons. The summed E-state index contributed by atoms with van der Waals surface area (Å²) < 4.78 is 5.19. The first-order valence-corrected chi connectivity index (χ1v) is 11.4. The largest absolute Gasteiger partial charge is 0.497 e. The number of anilines is 1. The van der Waals surface area contributed by atoms with Gasteiger partial charge in [0.25, 0.3) is 5.91 Å². The number of fused-ring (bicyclic) bond motifs is 3. The summed E-state index contributed by atoms with van der Waals surface area (Å²) >= 11 is 11.9. The van der Waals surface area contributed by atoms with E-state index in [0.717, 1.165) is 5.56 Å². The second-order valence-corrected chi connectivity index (χ2v) is 8.71. The van der Waals surface area contributed by atoms with Crippen molar-refractivity contribution in [2.45, 2.75) is 6.04 Å². The van der Waals surface area contributed by atoms with E-state index < -0.39 is 18.0 Å². The highest BCUT2D eigenvalue weighted by molar-refractivity contribution is 6.35. The van der Waals surface area contributed by atoms with Crippen LogP contribution in [0.2, 0.25) is 10.0 Å². The van der Waals surface area contributed by atoms with E-state index in [0.29, 0.717) is 33.2 Å². The van der Waals surface area contributed by atoms with E-state index >= 15 is 0 Å². The fourth-order valence-electron chi connectivity index (χ4n) is 4.06. The van der Waals surface area contributed by atoms with Gasteiger partial charge in [-0.3, -0.25) is 15.0 Å². The van der Waals surface area contributed by atoms with Crippen molar-refractivity contribution < 1.29 is 19.1 Å². The number of nitrogens with one attached hydrogen (secondary N) is 3. The number of hydrogen-bond donors (Lipinski definition) is 3. The maximum atomic E-state index is 13.4. The SMILES string of the molecule is COc1ccc(C2=C3C(=O)c4c(NC(=O)NNC(=O)c5cc(Cl)ccc5Cl)cccc4C3N=N2)cc1. The number of ether oxygens (including phenoxy) is 1. The maximum Gasteiger partial charge on any atom is 0.337 e. The lowest BCUT2D eigenvalue weighted by Crippen LogP contribution is -2.44. The molecule has 0 spiro atoms. The molecule has 3 aromatic carbocycles. The van der Waals surface area contributed by atoms with Crippen LogP contribution in [0.25, 0.3) is 5.70 Å². The molecule has 3 aromatic rings. The van der Waals surface area contributed by atoms with Crippen molar-refractivity contribution in [3.05, 3.63) is 98.5 Å². The molecular weight excluding hydrogens is 505 g/mol. The molecule has 1 heterocycles. The molecule has 1 atom stereocenters. The zero-order valence-corrected chi connectivity index (χ0v) is 20.1. The molecule has 5 rings (SSSR count). The molecule has 0 saturated carbocycles. The first kappa shape index (κ1) is 23.5. The number of benzene rings is 3. The molecule has 1 aliphatic heterocycles. The lowest BCUT2D eigenvalue weighted by atomic mass is 10.0. The molecule has 11 heteroatoms. The summed E-state index contributed by atoms with van der Waals surface area (Å²) in [6, 6.07) is 15.3. The average molecular weight is 522 g/mol. The van der Waals surface area contributed by atoms with Crippen LogP contribution in [-0.4, -0.2) is 24.8 Å². The van der Waals surface area contributed by atoms with Crippen LogP contribution in [0.15, 0.2) is 76.5 Å². The molecule has 36 heavy (non-hydrogen) atoms. The van der Waals surface area contributed by atoms with Crippen molar-refractivity contribution in [2.75, 3.05) is 12.4 Å². The summed E-state index contributed by atoms with van der Waals surface area (Å²) in [5.41, 5.74) is 7.48. The minimum absolute atomic E-state index is 0.0939. The number of carbonyl (C=O) groups excluding carboxylic acids is 3. The first-order valence-electron chi connectivity index (χ1n) is 10.7. The first-order chi connectivity index (χ1) is 17.4. The third kappa shape index (κ3) is 4.19. The summed E-state index contributed by atoms with van der Waals surface area (Å²) in [4.78, 5) is 38.3. The van der Waals surface area contributed by atoms with Gasteiger partial charge in [-0.05, 0) is 54.1 Å². The molecule has 1 unspecified atom stereocenters. The Labute approximate surface area is 215 Å². The predicted octanol–water partition coefficient (Wildman–Crippen LogP) is 5.58. The summed E-state index contributed by atoms with van der Waals surface area (Å²) in [5, 5.41) is 11.7. The van der Waals surface area contributed by atoms with Crippen LogP contribution in [0.5, 0.6) is 5.75 Å². The molecule has 3 N–H and O–H groups in total. The van der Waals surface area contributed by atoms with Gasteiger partial charge in [-0.25, -0.2) is 10.2 Å². The van der Waals surface area contributed by atoms with Crippen LogP contribution in [0.3, 0.4) is 0 Å². The average Bonchev–Trinajstić information content (AvgIpc) is 3.44. The van der Waals surface area contributed by atoms with Crippen molar-refractivity contribution in [2.24, 2.45) is 10.2 Å². The highest BCUT2D eigenvalue weighted by atomic mass is 35.5. The topological polar surface area (TPSA) is 121 Å². The van der Waals surface area contributed by atoms with Gasteiger partial charge >= 0.3 is 6.03 Å². The number of ketones is 1. The summed E-state index contributed by atoms with van der Waals surface area (Å²) in [7, 11) is 1.57. The second-order valence-electron chi connectivity index (χ2n) is 7.87. The van der Waals surface area contributed by atoms with Crippen molar-refractivity contribution >= 4 is 52.3 Å². The highest BCUT2D eigenvalue weighted by Gasteiger charge is 2.42. The molecular formula is C25H17Cl2N5O4. The zero-order chi connectivity index (χ0) is 25.4. The molecule has 1 aliphatic carbocycles. The van der Waals surface area contributed by atoms with E-state index in [9.17, 15) is 14.4 Å². The third-order valence-electron chi connectivity index (χ3n) is 5.74. The van der Waals surface area contributed by atoms with Crippen LogP contribution in [0.1, 0.15) is 37.9 Å². The zero-order valence-electron chi connectivity index (χ0n) is 18.6. The van der Waals surface area contributed by atoms with Gasteiger partial charge in [0.15, 0.2) is 5.78 Å². The fraction of sp³-hybridized carbons (Fsp3) is 0.0800. The molecule has 0 aromatic heterocycles. The smallest absolute Gasteiger partial charge is 0.337 e. The van der Waals surface area contributed by atoms with Gasteiger partial charge in [0, 0.05) is 10.6 Å². The Morgan fingerprint density at radius 3 is 2.53 bits per heavy atom. The number of carbonyl (C=O) groups is 3. The summed E-state index contributed by atoms with van der Waals surface area (Å²) in [5.74, 6) is -0.258. The van der Waals surface area contributed by atoms with E-state index in [2.05, 4.69) is 26.4 Å². The lowest BCUT2D eigenvalue weighted by Gasteiger charge is -2.12. The molecule has 0 saturated heterocycles. The Bertz CT molecular complexity index is 1480. The number of nitrogens with zero attached hydrogens (tertiary/aromatic N) is 2. The molecule has 9 nitrogen and oxygen atoms in total. The van der Waals surface area contributed by atoms with Gasteiger partial charge in [0.1, 0.15) is 17.5 Å². The Morgan fingerprint density at radius 2 is 1.78 bits per heavy atom. The van der Waals surface area contributed by atoms with E-state index in [-0.39, 0.29) is 22.1 Å². The van der Waals surface area contributed by atoms with E-state index in [1.807, 2.05) is 0 Å². The highest BCUT2D eigenvalue weighted by Crippen LogP contribution is 2.49. The number of hydrogen-bond acceptors (Lipinski definition) is 6. The quantitative estimate of drug-likeness (QED) is 0.387. The lowest BCUT2D eigenvalue weighted by molar-refractivity contribution is 0.0937. The van der Waals surface area contributed by atoms with Gasteiger partial charge in [-0.15, -0.1) is 0 Å². The van der Waals surface area contributed by atoms with Crippen LogP contribution < -0.4 is 20.9 Å². The minimum Gasteiger partial charge on any atom is -0.497 e. The minimum atomic E-state index is -0.759. The van der Waals surface area contributed by atoms with Gasteiger partial charge in [0.2, 0.25) is 0 Å². The van der Waals surface area contributed by atoms with Crippen molar-refractivity contribution in [3.63, 3.8) is 0 Å². The second kappa shape index (κ2) is 9.44. The van der Waals surface area contributed by atoms with Crippen LogP contribution >= 0.6 is 23.2 Å². The maximum absolute atomic E-state index is 13.4. The molecule has 3 amide bonds. The Morgan fingerprint density at radius 1 is 1.00 bits per heavy atom. The monoisotopic (exact) mass is 521 g/mol. The Balaban J connectivity index is 1.35. The van der Waals surface area contributed by atoms with E-state index in [1.54, 1.807) is 49.6 Å². The molecule has 0 radical (unpaired) electrons. The predicted molar refractivity (Wildman–Crippen MR) is 134 cm³/mol. The molecule has 0 bridgehead atoms. The summed E-state index contributed by atoms with van der Waals surface area (Å²) in [6.07, 6.45) is 0. The number of hydrazine groups is 1. The standard InChI is InChI=1S/C25H17Cl2N5O4/c1-36-14-8-5-12(6-9-14)21-20-22(30-29-21)15-3-2-4-18(19(15)23(20)33)28-25(35)32-31-24(34)16-11-13(26)7-10-17(16)27/h2-11,22H,1H3,(H,31,34)(H2,28,32,35). The number of Topliss-reactive ketones (excluding diaryl/α,β-unsaturated/α-hetero) is 1. The molecule has 2 aliphatic rings. The van der Waals surface area contributed by atoms with E-state index in [4.69, 9.17) is 27.9 Å². The van der Waals surface area contributed by atoms with Crippen molar-refractivity contribution in [1.82, 2.24) is 10.9 Å². The van der Waals surface area contributed by atoms with Crippen LogP contribution in [0, 0.1) is 0 Å². The fourth-order valence-corrected chi connectivity index (χ4v) is 4.44. The normalized spacial score (nSPS) is 15.4. The number of urea groups is 1. The molecule has 0 fully saturated rings. The number of halogens is 2. The van der Waals surface area contributed by atoms with Gasteiger partial charge in [-0.1, -0.05) is 35.3 Å². The third-order valence-corrected chi connectivity index (χ3v) is 6.30. The number of methoxy groups -OCH3 is 1. The Kier molecular flexibility index (Phi) is 6.17. The number of rotatable bonds is 4. The van der Waals surface area contributed by atoms with E-state index in [1.165, 1.54) is 18.2 Å². The van der Waals surface area contributed by atoms with Crippen molar-refractivity contribution in [1.29, 1.82) is 0 Å². The van der Waals surface area contributed by atoms with Gasteiger partial charge in [-0.2, -0.15) is 10.2 Å². The van der Waals surface area contributed by atoms with Gasteiger partial charge in [0.05, 0.1) is 34.5 Å². The van der Waals surface area contributed by atoms with Crippen LogP contribution in [0.4, 0.5) is 10.5 Å². The Hall–Kier alpha value is -4.21.